The molecule has 0 saturated heterocycles. The van der Waals surface area contributed by atoms with Crippen molar-refractivity contribution in [3.63, 3.8) is 0 Å². The molecule has 0 atom stereocenters. The average molecular weight is 263 g/mol. The number of rotatable bonds is 4. The maximum absolute atomic E-state index is 11.9. The number of carbonyl (C=O) groups is 1. The van der Waals surface area contributed by atoms with Crippen LogP contribution in [0.15, 0.2) is 60.3 Å². The van der Waals surface area contributed by atoms with Gasteiger partial charge in [-0.2, -0.15) is 5.26 Å². The first-order valence-corrected chi connectivity index (χ1v) is 6.14. The van der Waals surface area contributed by atoms with Gasteiger partial charge in [-0.3, -0.25) is 9.78 Å². The SMILES string of the molecule is N#C/C(=C\c1ccccn1)C(=O)NCc1ccccc1. The van der Waals surface area contributed by atoms with Gasteiger partial charge in [0, 0.05) is 12.7 Å². The number of aromatic nitrogens is 1. The van der Waals surface area contributed by atoms with E-state index in [1.165, 1.54) is 6.08 Å². The highest BCUT2D eigenvalue weighted by atomic mass is 16.1. The third kappa shape index (κ3) is 3.79. The van der Waals surface area contributed by atoms with Crippen molar-refractivity contribution in [3.8, 4) is 6.07 Å². The fourth-order valence-electron chi connectivity index (χ4n) is 1.63. The molecule has 1 aromatic heterocycles. The van der Waals surface area contributed by atoms with Crippen LogP contribution in [0.25, 0.3) is 6.08 Å². The van der Waals surface area contributed by atoms with Gasteiger partial charge in [-0.15, -0.1) is 0 Å². The first-order chi connectivity index (χ1) is 9.79. The lowest BCUT2D eigenvalue weighted by molar-refractivity contribution is -0.117. The number of hydrogen-bond donors (Lipinski definition) is 1. The molecule has 0 spiro atoms. The molecule has 0 aliphatic heterocycles. The van der Waals surface area contributed by atoms with E-state index in [4.69, 9.17) is 5.26 Å². The summed E-state index contributed by atoms with van der Waals surface area (Å²) in [6.45, 7) is 0.390. The van der Waals surface area contributed by atoms with Gasteiger partial charge in [-0.25, -0.2) is 0 Å². The standard InChI is InChI=1S/C16H13N3O/c17-11-14(10-15-8-4-5-9-18-15)16(20)19-12-13-6-2-1-3-7-13/h1-10H,12H2,(H,19,20)/b14-10+. The number of nitrogens with one attached hydrogen (secondary N) is 1. The van der Waals surface area contributed by atoms with Gasteiger partial charge in [0.2, 0.25) is 0 Å². The predicted octanol–water partition coefficient (Wildman–Crippen LogP) is 2.30. The molecule has 0 radical (unpaired) electrons. The summed E-state index contributed by atoms with van der Waals surface area (Å²) in [5.41, 5.74) is 1.61. The maximum atomic E-state index is 11.9. The zero-order valence-electron chi connectivity index (χ0n) is 10.8. The third-order valence-corrected chi connectivity index (χ3v) is 2.64. The van der Waals surface area contributed by atoms with Crippen LogP contribution in [-0.4, -0.2) is 10.9 Å². The third-order valence-electron chi connectivity index (χ3n) is 2.64. The van der Waals surface area contributed by atoms with Crippen LogP contribution in [-0.2, 0) is 11.3 Å². The van der Waals surface area contributed by atoms with Gasteiger partial charge in [0.05, 0.1) is 5.69 Å². The minimum Gasteiger partial charge on any atom is -0.347 e. The lowest BCUT2D eigenvalue weighted by Crippen LogP contribution is -2.23. The van der Waals surface area contributed by atoms with Crippen LogP contribution in [0.5, 0.6) is 0 Å². The summed E-state index contributed by atoms with van der Waals surface area (Å²) in [5.74, 6) is -0.401. The summed E-state index contributed by atoms with van der Waals surface area (Å²) in [6, 6.07) is 16.7. The van der Waals surface area contributed by atoms with Crippen molar-refractivity contribution >= 4 is 12.0 Å². The van der Waals surface area contributed by atoms with Crippen molar-refractivity contribution in [1.29, 1.82) is 5.26 Å². The highest BCUT2D eigenvalue weighted by Gasteiger charge is 2.08. The Morgan fingerprint density at radius 3 is 2.60 bits per heavy atom. The molecule has 2 aromatic rings. The fraction of sp³-hybridized carbons (Fsp3) is 0.0625. The van der Waals surface area contributed by atoms with Gasteiger partial charge < -0.3 is 5.32 Å². The second-order valence-corrected chi connectivity index (χ2v) is 4.09. The van der Waals surface area contributed by atoms with E-state index in [9.17, 15) is 4.79 Å². The number of nitriles is 1. The van der Waals surface area contributed by atoms with Crippen LogP contribution in [0.2, 0.25) is 0 Å². The van der Waals surface area contributed by atoms with Crippen molar-refractivity contribution in [2.24, 2.45) is 0 Å². The number of carbonyl (C=O) groups excluding carboxylic acids is 1. The first kappa shape index (κ1) is 13.5. The highest BCUT2D eigenvalue weighted by Crippen LogP contribution is 2.04. The molecule has 0 bridgehead atoms. The van der Waals surface area contributed by atoms with E-state index in [0.29, 0.717) is 12.2 Å². The highest BCUT2D eigenvalue weighted by molar-refractivity contribution is 6.01. The van der Waals surface area contributed by atoms with Crippen molar-refractivity contribution < 1.29 is 4.79 Å². The second-order valence-electron chi connectivity index (χ2n) is 4.09. The van der Waals surface area contributed by atoms with E-state index < -0.39 is 5.91 Å². The van der Waals surface area contributed by atoms with Crippen molar-refractivity contribution in [1.82, 2.24) is 10.3 Å². The Labute approximate surface area is 117 Å². The molecule has 1 heterocycles. The zero-order valence-corrected chi connectivity index (χ0v) is 10.8. The number of nitrogens with zero attached hydrogens (tertiary/aromatic N) is 2. The van der Waals surface area contributed by atoms with Crippen molar-refractivity contribution in [3.05, 3.63) is 71.6 Å². The van der Waals surface area contributed by atoms with E-state index in [-0.39, 0.29) is 5.57 Å². The Kier molecular flexibility index (Phi) is 4.63. The van der Waals surface area contributed by atoms with Gasteiger partial charge >= 0.3 is 0 Å². The summed E-state index contributed by atoms with van der Waals surface area (Å²) in [4.78, 5) is 16.0. The topological polar surface area (TPSA) is 65.8 Å². The fourth-order valence-corrected chi connectivity index (χ4v) is 1.63. The Morgan fingerprint density at radius 1 is 1.20 bits per heavy atom. The smallest absolute Gasteiger partial charge is 0.262 e. The second kappa shape index (κ2) is 6.86. The molecule has 1 N–H and O–H groups in total. The van der Waals surface area contributed by atoms with E-state index in [2.05, 4.69) is 10.3 Å². The van der Waals surface area contributed by atoms with Crippen LogP contribution in [0.1, 0.15) is 11.3 Å². The van der Waals surface area contributed by atoms with E-state index >= 15 is 0 Å². The summed E-state index contributed by atoms with van der Waals surface area (Å²) in [7, 11) is 0. The lowest BCUT2D eigenvalue weighted by atomic mass is 10.2. The average Bonchev–Trinajstić information content (AvgIpc) is 2.52. The van der Waals surface area contributed by atoms with E-state index in [1.54, 1.807) is 24.4 Å². The van der Waals surface area contributed by atoms with Gasteiger partial charge in [-0.05, 0) is 23.8 Å². The molecule has 20 heavy (non-hydrogen) atoms. The Balaban J connectivity index is 2.03. The minimum absolute atomic E-state index is 0.0413. The molecule has 0 aliphatic carbocycles. The van der Waals surface area contributed by atoms with Crippen LogP contribution in [0, 0.1) is 11.3 Å². The van der Waals surface area contributed by atoms with E-state index in [1.807, 2.05) is 36.4 Å². The molecule has 0 saturated carbocycles. The molecule has 2 rings (SSSR count). The molecule has 1 aromatic carbocycles. The van der Waals surface area contributed by atoms with Gasteiger partial charge in [0.1, 0.15) is 11.6 Å². The predicted molar refractivity (Wildman–Crippen MR) is 76.1 cm³/mol. The molecule has 4 heteroatoms. The largest absolute Gasteiger partial charge is 0.347 e. The lowest BCUT2D eigenvalue weighted by Gasteiger charge is -2.04. The monoisotopic (exact) mass is 263 g/mol. The molecular weight excluding hydrogens is 250 g/mol. The maximum Gasteiger partial charge on any atom is 0.262 e. The van der Waals surface area contributed by atoms with Gasteiger partial charge in [0.25, 0.3) is 5.91 Å². The number of benzene rings is 1. The van der Waals surface area contributed by atoms with Crippen molar-refractivity contribution in [2.45, 2.75) is 6.54 Å². The van der Waals surface area contributed by atoms with Crippen LogP contribution >= 0.6 is 0 Å². The normalized spacial score (nSPS) is 10.7. The Bertz CT molecular complexity index is 642. The summed E-state index contributed by atoms with van der Waals surface area (Å²) >= 11 is 0. The quantitative estimate of drug-likeness (QED) is 0.680. The van der Waals surface area contributed by atoms with Crippen LogP contribution in [0.4, 0.5) is 0 Å². The molecule has 0 fully saturated rings. The molecule has 4 nitrogen and oxygen atoms in total. The summed E-state index contributed by atoms with van der Waals surface area (Å²) < 4.78 is 0. The van der Waals surface area contributed by atoms with Gasteiger partial charge in [-0.1, -0.05) is 36.4 Å². The number of hydrogen-bond acceptors (Lipinski definition) is 3. The number of amides is 1. The molecular formula is C16H13N3O. The Hall–Kier alpha value is -2.93. The number of pyridine rings is 1. The van der Waals surface area contributed by atoms with Crippen LogP contribution < -0.4 is 5.32 Å². The molecule has 98 valence electrons. The van der Waals surface area contributed by atoms with Crippen molar-refractivity contribution in [2.75, 3.05) is 0 Å². The van der Waals surface area contributed by atoms with Gasteiger partial charge in [0.15, 0.2) is 0 Å². The Morgan fingerprint density at radius 2 is 1.95 bits per heavy atom. The molecule has 0 aliphatic rings. The van der Waals surface area contributed by atoms with E-state index in [0.717, 1.165) is 5.56 Å². The zero-order chi connectivity index (χ0) is 14.2. The first-order valence-electron chi connectivity index (χ1n) is 6.14. The molecule has 0 unspecified atom stereocenters. The minimum atomic E-state index is -0.401. The summed E-state index contributed by atoms with van der Waals surface area (Å²) in [5, 5.41) is 11.8. The molecule has 1 amide bonds. The van der Waals surface area contributed by atoms with Crippen LogP contribution in [0.3, 0.4) is 0 Å². The summed E-state index contributed by atoms with van der Waals surface area (Å²) in [6.07, 6.45) is 3.09.